The van der Waals surface area contributed by atoms with Crippen LogP contribution in [-0.4, -0.2) is 53.1 Å². The highest BCUT2D eigenvalue weighted by atomic mass is 32.2. The van der Waals surface area contributed by atoms with Crippen molar-refractivity contribution >= 4 is 38.5 Å². The Balaban J connectivity index is 1.64. The molecule has 1 aromatic carbocycles. The smallest absolute Gasteiger partial charge is 0.410 e. The predicted molar refractivity (Wildman–Crippen MR) is 125 cm³/mol. The first-order valence-electron chi connectivity index (χ1n) is 10.5. The Morgan fingerprint density at radius 1 is 1.24 bits per heavy atom. The highest BCUT2D eigenvalue weighted by Crippen LogP contribution is 2.35. The summed E-state index contributed by atoms with van der Waals surface area (Å²) in [5.74, 6) is 0. The van der Waals surface area contributed by atoms with E-state index in [4.69, 9.17) is 11.3 Å². The van der Waals surface area contributed by atoms with Gasteiger partial charge in [0, 0.05) is 36.9 Å². The number of pyridine rings is 1. The number of hydrogen-bond acceptors (Lipinski definition) is 6. The Morgan fingerprint density at radius 3 is 2.64 bits per heavy atom. The van der Waals surface area contributed by atoms with E-state index in [0.717, 1.165) is 3.97 Å². The summed E-state index contributed by atoms with van der Waals surface area (Å²) in [6, 6.07) is 9.64. The highest BCUT2D eigenvalue weighted by Gasteiger charge is 2.31. The van der Waals surface area contributed by atoms with Crippen LogP contribution in [0.5, 0.6) is 0 Å². The van der Waals surface area contributed by atoms with E-state index in [-0.39, 0.29) is 28.4 Å². The van der Waals surface area contributed by atoms with Crippen molar-refractivity contribution < 1.29 is 17.9 Å². The molecular weight excluding hydrogens is 442 g/mol. The number of fused-ring (bicyclic) bond motifs is 1. The molecule has 1 atom stereocenters. The number of ether oxygens (including phenoxy) is 1. The number of anilines is 1. The maximum absolute atomic E-state index is 13.1. The van der Waals surface area contributed by atoms with Gasteiger partial charge < -0.3 is 15.0 Å². The van der Waals surface area contributed by atoms with Gasteiger partial charge in [-0.05, 0) is 45.4 Å². The molecule has 3 aromatic rings. The average Bonchev–Trinajstić information content (AvgIpc) is 3.41. The van der Waals surface area contributed by atoms with E-state index in [2.05, 4.69) is 15.1 Å². The van der Waals surface area contributed by atoms with Gasteiger partial charge in [0.25, 0.3) is 10.0 Å². The molecule has 33 heavy (non-hydrogen) atoms. The number of likely N-dealkylation sites (tertiary alicyclic amines) is 1. The molecule has 1 aliphatic rings. The molecule has 0 bridgehead atoms. The largest absolute Gasteiger partial charge is 0.444 e. The quantitative estimate of drug-likeness (QED) is 0.576. The minimum Gasteiger partial charge on any atom is -0.444 e. The molecule has 1 amide bonds. The normalized spacial score (nSPS) is 16.5. The predicted octanol–water partition coefficient (Wildman–Crippen LogP) is 4.25. The molecule has 10 heteroatoms. The molecular formula is C23H25N5O4S. The van der Waals surface area contributed by atoms with Gasteiger partial charge in [-0.2, -0.15) is 0 Å². The summed E-state index contributed by atoms with van der Waals surface area (Å²) >= 11 is 0. The van der Waals surface area contributed by atoms with Gasteiger partial charge in [0.2, 0.25) is 5.69 Å². The third kappa shape index (κ3) is 4.50. The molecule has 1 N–H and O–H groups in total. The Bertz CT molecular complexity index is 1340. The molecule has 1 fully saturated rings. The lowest BCUT2D eigenvalue weighted by molar-refractivity contribution is 0.0293. The van der Waals surface area contributed by atoms with Crippen LogP contribution in [0.4, 0.5) is 16.2 Å². The lowest BCUT2D eigenvalue weighted by Gasteiger charge is -2.24. The van der Waals surface area contributed by atoms with Gasteiger partial charge in [-0.15, -0.1) is 0 Å². The van der Waals surface area contributed by atoms with E-state index in [9.17, 15) is 13.2 Å². The molecule has 1 saturated heterocycles. The highest BCUT2D eigenvalue weighted by molar-refractivity contribution is 7.90. The maximum Gasteiger partial charge on any atom is 0.410 e. The molecule has 0 radical (unpaired) electrons. The van der Waals surface area contributed by atoms with Crippen molar-refractivity contribution in [3.05, 3.63) is 60.2 Å². The minimum absolute atomic E-state index is 0.113. The second-order valence-electron chi connectivity index (χ2n) is 8.85. The first kappa shape index (κ1) is 22.6. The fourth-order valence-electron chi connectivity index (χ4n) is 3.76. The Morgan fingerprint density at radius 2 is 1.97 bits per heavy atom. The Hall–Kier alpha value is -3.58. The van der Waals surface area contributed by atoms with Crippen molar-refractivity contribution in [2.24, 2.45) is 0 Å². The third-order valence-electron chi connectivity index (χ3n) is 5.27. The second kappa shape index (κ2) is 8.41. The Labute approximate surface area is 192 Å². The molecule has 4 rings (SSSR count). The van der Waals surface area contributed by atoms with Crippen molar-refractivity contribution in [1.82, 2.24) is 13.9 Å². The van der Waals surface area contributed by atoms with E-state index < -0.39 is 15.6 Å². The first-order chi connectivity index (χ1) is 15.6. The number of amides is 1. The summed E-state index contributed by atoms with van der Waals surface area (Å²) in [5, 5.41) is 3.87. The van der Waals surface area contributed by atoms with Crippen LogP contribution in [0.3, 0.4) is 0 Å². The number of carbonyl (C=O) groups is 1. The summed E-state index contributed by atoms with van der Waals surface area (Å²) in [4.78, 5) is 22.0. The van der Waals surface area contributed by atoms with Gasteiger partial charge in [0.05, 0.1) is 17.2 Å². The van der Waals surface area contributed by atoms with Crippen LogP contribution in [0.1, 0.15) is 27.2 Å². The zero-order valence-electron chi connectivity index (χ0n) is 18.6. The van der Waals surface area contributed by atoms with Crippen molar-refractivity contribution in [2.45, 2.75) is 43.7 Å². The van der Waals surface area contributed by atoms with Gasteiger partial charge in [0.15, 0.2) is 5.65 Å². The van der Waals surface area contributed by atoms with Crippen LogP contribution < -0.4 is 5.32 Å². The molecule has 2 aromatic heterocycles. The Kier molecular flexibility index (Phi) is 5.76. The number of rotatable bonds is 4. The lowest BCUT2D eigenvalue weighted by Crippen LogP contribution is -2.36. The zero-order chi connectivity index (χ0) is 23.8. The molecule has 0 spiro atoms. The van der Waals surface area contributed by atoms with Crippen LogP contribution in [0.2, 0.25) is 0 Å². The van der Waals surface area contributed by atoms with Crippen LogP contribution in [0.25, 0.3) is 15.9 Å². The number of benzene rings is 1. The van der Waals surface area contributed by atoms with Gasteiger partial charge in [-0.3, -0.25) is 0 Å². The number of carbonyl (C=O) groups excluding carboxylic acids is 1. The lowest BCUT2D eigenvalue weighted by atomic mass is 10.2. The van der Waals surface area contributed by atoms with E-state index in [1.165, 1.54) is 24.5 Å². The topological polar surface area (TPSA) is 97.9 Å². The van der Waals surface area contributed by atoms with Crippen LogP contribution in [-0.2, 0) is 14.8 Å². The molecule has 1 aliphatic heterocycles. The maximum atomic E-state index is 13.1. The standard InChI is InChI=1S/C23H25N5O4S/c1-23(2,3)32-22(29)27-12-10-16(15-27)26-20-18-11-13-28(21(18)25-14-19(20)24-4)33(30,31)17-8-6-5-7-9-17/h5-9,11,13-14,16H,10,12,15H2,1-3H3,(H,25,26). The fraction of sp³-hybridized carbons (Fsp3) is 0.348. The van der Waals surface area contributed by atoms with Gasteiger partial charge >= 0.3 is 6.09 Å². The minimum atomic E-state index is -3.84. The van der Waals surface area contributed by atoms with E-state index in [0.29, 0.717) is 30.6 Å². The number of nitrogens with one attached hydrogen (secondary N) is 1. The molecule has 172 valence electrons. The van der Waals surface area contributed by atoms with Crippen LogP contribution in [0.15, 0.2) is 53.7 Å². The number of nitrogens with zero attached hydrogens (tertiary/aromatic N) is 4. The van der Waals surface area contributed by atoms with Crippen molar-refractivity contribution in [2.75, 3.05) is 18.4 Å². The van der Waals surface area contributed by atoms with Gasteiger partial charge in [-0.1, -0.05) is 18.2 Å². The van der Waals surface area contributed by atoms with Crippen molar-refractivity contribution in [1.29, 1.82) is 0 Å². The zero-order valence-corrected chi connectivity index (χ0v) is 19.5. The van der Waals surface area contributed by atoms with Crippen molar-refractivity contribution in [3.63, 3.8) is 0 Å². The van der Waals surface area contributed by atoms with E-state index in [1.54, 1.807) is 29.2 Å². The summed E-state index contributed by atoms with van der Waals surface area (Å²) in [5.41, 5.74) is 0.446. The number of hydrogen-bond donors (Lipinski definition) is 1. The second-order valence-corrected chi connectivity index (χ2v) is 10.7. The van der Waals surface area contributed by atoms with Gasteiger partial charge in [-0.25, -0.2) is 27.0 Å². The van der Waals surface area contributed by atoms with Crippen molar-refractivity contribution in [3.8, 4) is 0 Å². The van der Waals surface area contributed by atoms with Crippen LogP contribution in [0, 0.1) is 6.57 Å². The summed E-state index contributed by atoms with van der Waals surface area (Å²) in [6.07, 6.45) is 3.11. The average molecular weight is 468 g/mol. The third-order valence-corrected chi connectivity index (χ3v) is 6.95. The first-order valence-corrected chi connectivity index (χ1v) is 12.0. The molecule has 0 saturated carbocycles. The summed E-state index contributed by atoms with van der Waals surface area (Å²) in [6.45, 7) is 13.9. The monoisotopic (exact) mass is 467 g/mol. The molecule has 1 unspecified atom stereocenters. The summed E-state index contributed by atoms with van der Waals surface area (Å²) < 4.78 is 32.8. The van der Waals surface area contributed by atoms with E-state index in [1.807, 2.05) is 20.8 Å². The van der Waals surface area contributed by atoms with E-state index >= 15 is 0 Å². The number of aromatic nitrogens is 2. The fourth-order valence-corrected chi connectivity index (χ4v) is 5.09. The molecule has 0 aliphatic carbocycles. The van der Waals surface area contributed by atoms with Gasteiger partial charge in [0.1, 0.15) is 5.60 Å². The molecule has 9 nitrogen and oxygen atoms in total. The SMILES string of the molecule is [C-]#[N+]c1cnc2c(ccn2S(=O)(=O)c2ccccc2)c1NC1CCN(C(=O)OC(C)(C)C)C1. The van der Waals surface area contributed by atoms with Crippen LogP contribution >= 0.6 is 0 Å². The molecule has 3 heterocycles. The summed E-state index contributed by atoms with van der Waals surface area (Å²) in [7, 11) is -3.84.